The molecule has 0 aromatic carbocycles. The van der Waals surface area contributed by atoms with E-state index in [0.29, 0.717) is 0 Å². The Labute approximate surface area is 77.9 Å². The van der Waals surface area contributed by atoms with Crippen molar-refractivity contribution in [1.29, 1.82) is 0 Å². The van der Waals surface area contributed by atoms with Crippen molar-refractivity contribution in [2.24, 2.45) is 11.8 Å². The molecule has 2 atom stereocenters. The van der Waals surface area contributed by atoms with Crippen molar-refractivity contribution >= 4 is 5.91 Å². The van der Waals surface area contributed by atoms with Crippen LogP contribution >= 0.6 is 0 Å². The van der Waals surface area contributed by atoms with Crippen LogP contribution in [0.4, 0.5) is 0 Å². The zero-order valence-corrected chi connectivity index (χ0v) is 7.79. The molecule has 0 radical (unpaired) electrons. The Morgan fingerprint density at radius 2 is 2.38 bits per heavy atom. The van der Waals surface area contributed by atoms with Gasteiger partial charge in [-0.3, -0.25) is 4.79 Å². The molecule has 3 rings (SSSR count). The summed E-state index contributed by atoms with van der Waals surface area (Å²) < 4.78 is 0. The molecule has 2 aliphatic carbocycles. The monoisotopic (exact) mass is 175 g/mol. The van der Waals surface area contributed by atoms with E-state index in [1.54, 1.807) is 12.5 Å². The van der Waals surface area contributed by atoms with Crippen molar-refractivity contribution in [3.05, 3.63) is 23.3 Å². The van der Waals surface area contributed by atoms with Gasteiger partial charge in [-0.2, -0.15) is 0 Å². The number of carbonyl (C=O) groups excluding carboxylic acids is 1. The van der Waals surface area contributed by atoms with Crippen molar-refractivity contribution in [2.75, 3.05) is 13.1 Å². The maximum absolute atomic E-state index is 11.2. The molecule has 0 bridgehead atoms. The van der Waals surface area contributed by atoms with E-state index in [2.05, 4.69) is 12.2 Å². The summed E-state index contributed by atoms with van der Waals surface area (Å²) in [6, 6.07) is 0. The summed E-state index contributed by atoms with van der Waals surface area (Å²) >= 11 is 0. The number of allylic oxidation sites excluding steroid dienone is 1. The Balaban J connectivity index is 1.87. The lowest BCUT2D eigenvalue weighted by Crippen LogP contribution is -2.26. The lowest BCUT2D eigenvalue weighted by atomic mass is 10.0. The van der Waals surface area contributed by atoms with Gasteiger partial charge < -0.3 is 4.90 Å². The molecule has 0 saturated heterocycles. The van der Waals surface area contributed by atoms with Crippen LogP contribution in [0.15, 0.2) is 23.3 Å². The Bertz CT molecular complexity index is 340. The molecule has 0 aromatic heterocycles. The Morgan fingerprint density at radius 3 is 3.15 bits per heavy atom. The molecule has 0 aromatic rings. The van der Waals surface area contributed by atoms with Crippen LogP contribution in [0.2, 0.25) is 0 Å². The van der Waals surface area contributed by atoms with E-state index in [-0.39, 0.29) is 5.91 Å². The average Bonchev–Trinajstić information content (AvgIpc) is 2.76. The minimum absolute atomic E-state index is 0.208. The molecule has 0 N–H and O–H groups in total. The second kappa shape index (κ2) is 2.25. The SMILES string of the molecule is CC(=O)N1CC2=C(C1)C1CC1C=C2. The highest BCUT2D eigenvalue weighted by molar-refractivity contribution is 5.75. The second-order valence-corrected chi connectivity index (χ2v) is 4.29. The predicted octanol–water partition coefficient (Wildman–Crippen LogP) is 1.35. The van der Waals surface area contributed by atoms with Crippen LogP contribution in [0.5, 0.6) is 0 Å². The summed E-state index contributed by atoms with van der Waals surface area (Å²) in [5.74, 6) is 1.81. The van der Waals surface area contributed by atoms with Gasteiger partial charge in [0.15, 0.2) is 0 Å². The van der Waals surface area contributed by atoms with E-state index in [1.165, 1.54) is 12.0 Å². The molecule has 13 heavy (non-hydrogen) atoms. The lowest BCUT2D eigenvalue weighted by molar-refractivity contribution is -0.127. The second-order valence-electron chi connectivity index (χ2n) is 4.29. The van der Waals surface area contributed by atoms with Crippen LogP contribution in [0, 0.1) is 11.8 Å². The first-order chi connectivity index (χ1) is 6.25. The highest BCUT2D eigenvalue weighted by Crippen LogP contribution is 2.50. The third-order valence-corrected chi connectivity index (χ3v) is 3.41. The molecule has 1 aliphatic heterocycles. The Kier molecular flexibility index (Phi) is 1.27. The zero-order chi connectivity index (χ0) is 9.00. The summed E-state index contributed by atoms with van der Waals surface area (Å²) in [4.78, 5) is 13.1. The molecule has 2 heteroatoms. The van der Waals surface area contributed by atoms with Gasteiger partial charge >= 0.3 is 0 Å². The van der Waals surface area contributed by atoms with Gasteiger partial charge in [0.05, 0.1) is 0 Å². The van der Waals surface area contributed by atoms with Crippen molar-refractivity contribution in [3.8, 4) is 0 Å². The predicted molar refractivity (Wildman–Crippen MR) is 50.0 cm³/mol. The van der Waals surface area contributed by atoms with E-state index in [0.717, 1.165) is 24.9 Å². The van der Waals surface area contributed by atoms with Crippen LogP contribution < -0.4 is 0 Å². The van der Waals surface area contributed by atoms with Gasteiger partial charge in [0, 0.05) is 20.0 Å². The molecule has 1 fully saturated rings. The fourth-order valence-corrected chi connectivity index (χ4v) is 2.48. The molecular weight excluding hydrogens is 162 g/mol. The molecule has 1 heterocycles. The van der Waals surface area contributed by atoms with Gasteiger partial charge in [0.2, 0.25) is 5.91 Å². The lowest BCUT2D eigenvalue weighted by Gasteiger charge is -2.12. The number of rotatable bonds is 0. The van der Waals surface area contributed by atoms with E-state index < -0.39 is 0 Å². The maximum atomic E-state index is 11.2. The quantitative estimate of drug-likeness (QED) is 0.544. The fourth-order valence-electron chi connectivity index (χ4n) is 2.48. The van der Waals surface area contributed by atoms with E-state index in [9.17, 15) is 4.79 Å². The summed E-state index contributed by atoms with van der Waals surface area (Å²) in [5, 5.41) is 0. The standard InChI is InChI=1S/C11H13NO/c1-7(13)12-5-9-3-2-8-4-10(8)11(9)6-12/h2-3,8,10H,4-6H2,1H3. The van der Waals surface area contributed by atoms with Crippen LogP contribution in [0.3, 0.4) is 0 Å². The number of fused-ring (bicyclic) bond motifs is 2. The molecular formula is C11H13NO. The minimum atomic E-state index is 0.208. The highest BCUT2D eigenvalue weighted by atomic mass is 16.2. The van der Waals surface area contributed by atoms with Crippen LogP contribution in [-0.4, -0.2) is 23.9 Å². The largest absolute Gasteiger partial charge is 0.335 e. The Morgan fingerprint density at radius 1 is 1.54 bits per heavy atom. The fraction of sp³-hybridized carbons (Fsp3) is 0.545. The van der Waals surface area contributed by atoms with Crippen molar-refractivity contribution in [2.45, 2.75) is 13.3 Å². The summed E-state index contributed by atoms with van der Waals surface area (Å²) in [7, 11) is 0. The highest BCUT2D eigenvalue weighted by Gasteiger charge is 2.43. The van der Waals surface area contributed by atoms with Gasteiger partial charge in [0.25, 0.3) is 0 Å². The van der Waals surface area contributed by atoms with Crippen molar-refractivity contribution in [1.82, 2.24) is 4.90 Å². The summed E-state index contributed by atoms with van der Waals surface area (Å²) in [5.41, 5.74) is 2.96. The Hall–Kier alpha value is -1.05. The van der Waals surface area contributed by atoms with E-state index in [4.69, 9.17) is 0 Å². The van der Waals surface area contributed by atoms with Crippen molar-refractivity contribution < 1.29 is 4.79 Å². The number of nitrogens with zero attached hydrogens (tertiary/aromatic N) is 1. The van der Waals surface area contributed by atoms with Crippen LogP contribution in [0.25, 0.3) is 0 Å². The van der Waals surface area contributed by atoms with Gasteiger partial charge in [-0.1, -0.05) is 12.2 Å². The van der Waals surface area contributed by atoms with E-state index in [1.807, 2.05) is 4.90 Å². The minimum Gasteiger partial charge on any atom is -0.335 e. The summed E-state index contributed by atoms with van der Waals surface area (Å²) in [6.45, 7) is 3.41. The van der Waals surface area contributed by atoms with E-state index >= 15 is 0 Å². The van der Waals surface area contributed by atoms with Crippen LogP contribution in [0.1, 0.15) is 13.3 Å². The number of hydrogen-bond donors (Lipinski definition) is 0. The van der Waals surface area contributed by atoms with Gasteiger partial charge in [-0.15, -0.1) is 0 Å². The third-order valence-electron chi connectivity index (χ3n) is 3.41. The maximum Gasteiger partial charge on any atom is 0.220 e. The van der Waals surface area contributed by atoms with Crippen molar-refractivity contribution in [3.63, 3.8) is 0 Å². The molecule has 0 spiro atoms. The van der Waals surface area contributed by atoms with Gasteiger partial charge in [-0.05, 0) is 29.4 Å². The number of carbonyl (C=O) groups is 1. The average molecular weight is 175 g/mol. The smallest absolute Gasteiger partial charge is 0.220 e. The first-order valence-electron chi connectivity index (χ1n) is 4.91. The molecule has 68 valence electrons. The third kappa shape index (κ3) is 0.978. The molecule has 2 unspecified atom stereocenters. The molecule has 2 nitrogen and oxygen atoms in total. The molecule has 1 saturated carbocycles. The molecule has 1 amide bonds. The number of hydrogen-bond acceptors (Lipinski definition) is 1. The zero-order valence-electron chi connectivity index (χ0n) is 7.79. The number of amides is 1. The topological polar surface area (TPSA) is 20.3 Å². The first kappa shape index (κ1) is 7.36. The summed E-state index contributed by atoms with van der Waals surface area (Å²) in [6.07, 6.45) is 5.86. The first-order valence-corrected chi connectivity index (χ1v) is 4.91. The normalized spacial score (nSPS) is 34.7. The van der Waals surface area contributed by atoms with Gasteiger partial charge in [-0.25, -0.2) is 0 Å². The molecule has 3 aliphatic rings. The van der Waals surface area contributed by atoms with Gasteiger partial charge in [0.1, 0.15) is 0 Å². The van der Waals surface area contributed by atoms with Crippen LogP contribution in [-0.2, 0) is 4.79 Å².